The SMILES string of the molecule is CC1(O)CN(c2nccc(C#N)n2)C1. The number of anilines is 1. The van der Waals surface area contributed by atoms with Crippen LogP contribution >= 0.6 is 0 Å². The lowest BCUT2D eigenvalue weighted by Crippen LogP contribution is -2.60. The van der Waals surface area contributed by atoms with E-state index < -0.39 is 5.60 Å². The van der Waals surface area contributed by atoms with E-state index in [9.17, 15) is 5.11 Å². The van der Waals surface area contributed by atoms with E-state index in [-0.39, 0.29) is 0 Å². The Kier molecular flexibility index (Phi) is 1.86. The average molecular weight is 190 g/mol. The van der Waals surface area contributed by atoms with Gasteiger partial charge in [0.1, 0.15) is 11.8 Å². The van der Waals surface area contributed by atoms with Crippen molar-refractivity contribution < 1.29 is 5.11 Å². The number of hydrogen-bond donors (Lipinski definition) is 1. The Morgan fingerprint density at radius 1 is 1.64 bits per heavy atom. The third-order valence-corrected chi connectivity index (χ3v) is 2.10. The molecule has 0 saturated carbocycles. The van der Waals surface area contributed by atoms with Crippen LogP contribution in [0.4, 0.5) is 5.95 Å². The van der Waals surface area contributed by atoms with Crippen molar-refractivity contribution in [1.29, 1.82) is 5.26 Å². The minimum absolute atomic E-state index is 0.349. The molecule has 2 rings (SSSR count). The highest BCUT2D eigenvalue weighted by Crippen LogP contribution is 2.23. The van der Waals surface area contributed by atoms with Gasteiger partial charge in [0.25, 0.3) is 0 Å². The molecule has 0 spiro atoms. The Bertz CT molecular complexity index is 388. The van der Waals surface area contributed by atoms with Crippen molar-refractivity contribution in [2.45, 2.75) is 12.5 Å². The van der Waals surface area contributed by atoms with Crippen molar-refractivity contribution in [3.63, 3.8) is 0 Å². The van der Waals surface area contributed by atoms with Crippen LogP contribution in [0.1, 0.15) is 12.6 Å². The number of β-amino-alcohol motifs (C(OH)–C–C–N with tert-alkyl or cyclic N) is 1. The Hall–Kier alpha value is -1.67. The zero-order chi connectivity index (χ0) is 10.2. The summed E-state index contributed by atoms with van der Waals surface area (Å²) in [6, 6.07) is 3.51. The topological polar surface area (TPSA) is 73.0 Å². The molecule has 14 heavy (non-hydrogen) atoms. The standard InChI is InChI=1S/C9H10N4O/c1-9(14)5-13(6-9)8-11-3-2-7(4-10)12-8/h2-3,14H,5-6H2,1H3. The van der Waals surface area contributed by atoms with Crippen molar-refractivity contribution in [2.75, 3.05) is 18.0 Å². The van der Waals surface area contributed by atoms with Crippen LogP contribution in [0, 0.1) is 11.3 Å². The molecule has 1 N–H and O–H groups in total. The van der Waals surface area contributed by atoms with Gasteiger partial charge >= 0.3 is 0 Å². The van der Waals surface area contributed by atoms with Gasteiger partial charge in [0.15, 0.2) is 0 Å². The van der Waals surface area contributed by atoms with Gasteiger partial charge in [-0.15, -0.1) is 0 Å². The van der Waals surface area contributed by atoms with E-state index in [1.54, 1.807) is 19.2 Å². The highest BCUT2D eigenvalue weighted by Gasteiger charge is 2.37. The molecule has 1 fully saturated rings. The molecule has 0 radical (unpaired) electrons. The molecule has 5 nitrogen and oxygen atoms in total. The van der Waals surface area contributed by atoms with E-state index >= 15 is 0 Å². The molecule has 0 aliphatic carbocycles. The van der Waals surface area contributed by atoms with Crippen molar-refractivity contribution in [3.05, 3.63) is 18.0 Å². The lowest BCUT2D eigenvalue weighted by molar-refractivity contribution is 0.0300. The third kappa shape index (κ3) is 1.52. The summed E-state index contributed by atoms with van der Waals surface area (Å²) in [5.41, 5.74) is -0.298. The molecule has 5 heteroatoms. The summed E-state index contributed by atoms with van der Waals surface area (Å²) in [5, 5.41) is 18.1. The highest BCUT2D eigenvalue weighted by molar-refractivity contribution is 5.38. The van der Waals surface area contributed by atoms with Crippen LogP contribution in [0.3, 0.4) is 0 Å². The maximum Gasteiger partial charge on any atom is 0.226 e. The van der Waals surface area contributed by atoms with Gasteiger partial charge < -0.3 is 10.0 Å². The molecule has 0 atom stereocenters. The molecule has 1 aliphatic heterocycles. The second-order valence-electron chi connectivity index (χ2n) is 3.71. The van der Waals surface area contributed by atoms with Gasteiger partial charge in [0.05, 0.1) is 18.7 Å². The predicted octanol–water partition coefficient (Wildman–Crippen LogP) is -0.0807. The summed E-state index contributed by atoms with van der Waals surface area (Å²) in [6.07, 6.45) is 1.55. The number of nitrogens with zero attached hydrogens (tertiary/aromatic N) is 4. The molecule has 0 amide bonds. The summed E-state index contributed by atoms with van der Waals surface area (Å²) in [4.78, 5) is 9.88. The van der Waals surface area contributed by atoms with E-state index in [4.69, 9.17) is 5.26 Å². The fraction of sp³-hybridized carbons (Fsp3) is 0.444. The molecule has 2 heterocycles. The van der Waals surface area contributed by atoms with Crippen LogP contribution < -0.4 is 4.90 Å². The lowest BCUT2D eigenvalue weighted by atomic mass is 9.98. The Labute approximate surface area is 81.6 Å². The van der Waals surface area contributed by atoms with E-state index in [0.717, 1.165) is 0 Å². The van der Waals surface area contributed by atoms with Crippen molar-refractivity contribution in [1.82, 2.24) is 9.97 Å². The number of hydrogen-bond acceptors (Lipinski definition) is 5. The first-order valence-electron chi connectivity index (χ1n) is 4.31. The minimum Gasteiger partial charge on any atom is -0.386 e. The van der Waals surface area contributed by atoms with Gasteiger partial charge in [-0.05, 0) is 13.0 Å². The third-order valence-electron chi connectivity index (χ3n) is 2.10. The van der Waals surface area contributed by atoms with E-state index in [0.29, 0.717) is 24.7 Å². The quantitative estimate of drug-likeness (QED) is 0.670. The molecule has 1 saturated heterocycles. The van der Waals surface area contributed by atoms with Crippen LogP contribution in [-0.4, -0.2) is 33.8 Å². The molecular formula is C9H10N4O. The second kappa shape index (κ2) is 2.93. The summed E-state index contributed by atoms with van der Waals surface area (Å²) in [5.74, 6) is 0.510. The molecule has 1 aromatic rings. The van der Waals surface area contributed by atoms with Crippen LogP contribution in [0.2, 0.25) is 0 Å². The molecule has 0 unspecified atom stereocenters. The Balaban J connectivity index is 2.16. The molecule has 0 bridgehead atoms. The van der Waals surface area contributed by atoms with Gasteiger partial charge in [-0.2, -0.15) is 5.26 Å². The number of aromatic nitrogens is 2. The smallest absolute Gasteiger partial charge is 0.226 e. The van der Waals surface area contributed by atoms with Gasteiger partial charge in [0, 0.05) is 6.20 Å². The molecule has 1 aromatic heterocycles. The summed E-state index contributed by atoms with van der Waals surface area (Å²) >= 11 is 0. The van der Waals surface area contributed by atoms with Crippen molar-refractivity contribution in [3.8, 4) is 6.07 Å². The fourth-order valence-corrected chi connectivity index (χ4v) is 1.48. The number of nitriles is 1. The Morgan fingerprint density at radius 2 is 2.36 bits per heavy atom. The normalized spacial score (nSPS) is 18.5. The zero-order valence-electron chi connectivity index (χ0n) is 7.80. The first-order chi connectivity index (χ1) is 6.61. The number of aliphatic hydroxyl groups is 1. The first kappa shape index (κ1) is 8.91. The average Bonchev–Trinajstić information content (AvgIpc) is 2.14. The molecule has 1 aliphatic rings. The van der Waals surface area contributed by atoms with Crippen LogP contribution in [-0.2, 0) is 0 Å². The van der Waals surface area contributed by atoms with E-state index in [1.165, 1.54) is 0 Å². The van der Waals surface area contributed by atoms with Crippen LogP contribution in [0.25, 0.3) is 0 Å². The van der Waals surface area contributed by atoms with E-state index in [2.05, 4.69) is 9.97 Å². The minimum atomic E-state index is -0.647. The molecule has 0 aromatic carbocycles. The van der Waals surface area contributed by atoms with E-state index in [1.807, 2.05) is 11.0 Å². The summed E-state index contributed by atoms with van der Waals surface area (Å²) < 4.78 is 0. The first-order valence-corrected chi connectivity index (χ1v) is 4.31. The largest absolute Gasteiger partial charge is 0.386 e. The molecule has 72 valence electrons. The van der Waals surface area contributed by atoms with Crippen LogP contribution in [0.5, 0.6) is 0 Å². The maximum absolute atomic E-state index is 9.51. The van der Waals surface area contributed by atoms with Gasteiger partial charge in [-0.25, -0.2) is 9.97 Å². The van der Waals surface area contributed by atoms with Crippen LogP contribution in [0.15, 0.2) is 12.3 Å². The predicted molar refractivity (Wildman–Crippen MR) is 49.6 cm³/mol. The maximum atomic E-state index is 9.51. The van der Waals surface area contributed by atoms with Crippen molar-refractivity contribution in [2.24, 2.45) is 0 Å². The lowest BCUT2D eigenvalue weighted by Gasteiger charge is -2.44. The highest BCUT2D eigenvalue weighted by atomic mass is 16.3. The van der Waals surface area contributed by atoms with Crippen molar-refractivity contribution >= 4 is 5.95 Å². The zero-order valence-corrected chi connectivity index (χ0v) is 7.80. The summed E-state index contributed by atoms with van der Waals surface area (Å²) in [7, 11) is 0. The second-order valence-corrected chi connectivity index (χ2v) is 3.71. The fourth-order valence-electron chi connectivity index (χ4n) is 1.48. The molecular weight excluding hydrogens is 180 g/mol. The number of rotatable bonds is 1. The Morgan fingerprint density at radius 3 is 2.93 bits per heavy atom. The van der Waals surface area contributed by atoms with Gasteiger partial charge in [0.2, 0.25) is 5.95 Å². The monoisotopic (exact) mass is 190 g/mol. The van der Waals surface area contributed by atoms with Gasteiger partial charge in [-0.3, -0.25) is 0 Å². The summed E-state index contributed by atoms with van der Waals surface area (Å²) in [6.45, 7) is 2.79. The van der Waals surface area contributed by atoms with Gasteiger partial charge in [-0.1, -0.05) is 0 Å².